The Kier molecular flexibility index (Phi) is 7.59. The van der Waals surface area contributed by atoms with Gasteiger partial charge in [0.1, 0.15) is 16.3 Å². The minimum atomic E-state index is -1.42. The lowest BCUT2D eigenvalue weighted by Gasteiger charge is -2.33. The van der Waals surface area contributed by atoms with E-state index in [-0.39, 0.29) is 15.7 Å². The second-order valence-corrected chi connectivity index (χ2v) is 10.4. The molecule has 0 atom stereocenters. The van der Waals surface area contributed by atoms with Gasteiger partial charge in [0, 0.05) is 16.7 Å². The first kappa shape index (κ1) is 26.6. The van der Waals surface area contributed by atoms with Gasteiger partial charge in [-0.05, 0) is 20.8 Å². The molecule has 0 bridgehead atoms. The molecule has 0 amide bonds. The van der Waals surface area contributed by atoms with Gasteiger partial charge in [0.2, 0.25) is 16.3 Å². The molecular formula is C29H27N3O5S. The highest BCUT2D eigenvalue weighted by atomic mass is 32.1. The number of carboxylic acid groups (broad SMARTS) is 1. The van der Waals surface area contributed by atoms with Crippen LogP contribution >= 0.6 is 11.3 Å². The third kappa shape index (κ3) is 5.57. The fourth-order valence-electron chi connectivity index (χ4n) is 3.89. The van der Waals surface area contributed by atoms with Crippen LogP contribution in [-0.4, -0.2) is 33.3 Å². The molecular weight excluding hydrogens is 502 g/mol. The standard InChI is InChI=1S/C29H27N3O5S/c1-28(2,3)36-27(35)25-31-22(24(30)38-25)23(26(33)34)32-37-29(19-13-7-4-8-14-19,20-15-9-5-10-16-20)21-17-11-6-12-18-21/h4-18H,30H2,1-3H3,(H,33,34). The third-order valence-electron chi connectivity index (χ3n) is 5.47. The zero-order valence-corrected chi connectivity index (χ0v) is 21.9. The highest BCUT2D eigenvalue weighted by Crippen LogP contribution is 2.41. The molecule has 194 valence electrons. The van der Waals surface area contributed by atoms with Gasteiger partial charge in [-0.3, -0.25) is 0 Å². The summed E-state index contributed by atoms with van der Waals surface area (Å²) in [5.41, 5.74) is 5.51. The van der Waals surface area contributed by atoms with Gasteiger partial charge in [-0.15, -0.1) is 0 Å². The number of esters is 1. The molecule has 38 heavy (non-hydrogen) atoms. The lowest BCUT2D eigenvalue weighted by Crippen LogP contribution is -2.32. The minimum absolute atomic E-state index is 0.000317. The van der Waals surface area contributed by atoms with E-state index < -0.39 is 28.9 Å². The first-order valence-corrected chi connectivity index (χ1v) is 12.6. The highest BCUT2D eigenvalue weighted by Gasteiger charge is 2.40. The number of ether oxygens (including phenoxy) is 1. The first-order valence-electron chi connectivity index (χ1n) is 11.8. The van der Waals surface area contributed by atoms with Crippen LogP contribution in [0.3, 0.4) is 0 Å². The zero-order valence-electron chi connectivity index (χ0n) is 21.1. The summed E-state index contributed by atoms with van der Waals surface area (Å²) < 4.78 is 5.35. The molecule has 0 spiro atoms. The van der Waals surface area contributed by atoms with Crippen molar-refractivity contribution in [1.29, 1.82) is 0 Å². The van der Waals surface area contributed by atoms with Gasteiger partial charge in [-0.2, -0.15) is 0 Å². The van der Waals surface area contributed by atoms with Crippen molar-refractivity contribution < 1.29 is 24.3 Å². The van der Waals surface area contributed by atoms with Crippen LogP contribution in [0, 0.1) is 0 Å². The van der Waals surface area contributed by atoms with Crippen molar-refractivity contribution in [2.24, 2.45) is 5.16 Å². The summed E-state index contributed by atoms with van der Waals surface area (Å²) in [6.45, 7) is 5.16. The molecule has 0 aliphatic rings. The maximum absolute atomic E-state index is 12.5. The number of oxime groups is 1. The molecule has 0 aliphatic heterocycles. The van der Waals surface area contributed by atoms with Crippen LogP contribution in [0.2, 0.25) is 0 Å². The van der Waals surface area contributed by atoms with Gasteiger partial charge in [0.05, 0.1) is 0 Å². The normalized spacial score (nSPS) is 12.1. The number of nitrogen functional groups attached to an aromatic ring is 1. The van der Waals surface area contributed by atoms with E-state index in [1.54, 1.807) is 20.8 Å². The molecule has 0 fully saturated rings. The average molecular weight is 530 g/mol. The van der Waals surface area contributed by atoms with Crippen molar-refractivity contribution in [2.75, 3.05) is 5.73 Å². The van der Waals surface area contributed by atoms with Crippen LogP contribution < -0.4 is 5.73 Å². The van der Waals surface area contributed by atoms with Crippen molar-refractivity contribution in [2.45, 2.75) is 32.0 Å². The van der Waals surface area contributed by atoms with Gasteiger partial charge < -0.3 is 20.4 Å². The van der Waals surface area contributed by atoms with Gasteiger partial charge in [0.25, 0.3) is 0 Å². The van der Waals surface area contributed by atoms with E-state index in [1.807, 2.05) is 91.0 Å². The molecule has 1 aromatic heterocycles. The number of nitrogens with zero attached hydrogens (tertiary/aromatic N) is 2. The number of aromatic nitrogens is 1. The number of anilines is 1. The fraction of sp³-hybridized carbons (Fsp3) is 0.172. The summed E-state index contributed by atoms with van der Waals surface area (Å²) in [5, 5.41) is 14.1. The highest BCUT2D eigenvalue weighted by molar-refractivity contribution is 7.17. The van der Waals surface area contributed by atoms with Crippen molar-refractivity contribution >= 4 is 34.0 Å². The molecule has 3 N–H and O–H groups in total. The number of thiazole rings is 1. The lowest BCUT2D eigenvalue weighted by atomic mass is 9.80. The maximum atomic E-state index is 12.5. The van der Waals surface area contributed by atoms with E-state index in [2.05, 4.69) is 10.1 Å². The quantitative estimate of drug-likeness (QED) is 0.134. The first-order chi connectivity index (χ1) is 18.1. The smallest absolute Gasteiger partial charge is 0.368 e. The van der Waals surface area contributed by atoms with Crippen molar-refractivity contribution in [3.8, 4) is 0 Å². The van der Waals surface area contributed by atoms with Crippen LogP contribution in [0.15, 0.2) is 96.2 Å². The van der Waals surface area contributed by atoms with E-state index in [4.69, 9.17) is 15.3 Å². The Bertz CT molecular complexity index is 1350. The van der Waals surface area contributed by atoms with E-state index >= 15 is 0 Å². The zero-order chi connectivity index (χ0) is 27.3. The monoisotopic (exact) mass is 529 g/mol. The SMILES string of the molecule is CC(C)(C)OC(=O)c1nc(C(=NOC(c2ccccc2)(c2ccccc2)c2ccccc2)C(=O)O)c(N)s1. The van der Waals surface area contributed by atoms with Crippen LogP contribution in [0.5, 0.6) is 0 Å². The van der Waals surface area contributed by atoms with E-state index in [1.165, 1.54) is 0 Å². The molecule has 0 radical (unpaired) electrons. The Morgan fingerprint density at radius 2 is 1.29 bits per heavy atom. The molecule has 3 aromatic carbocycles. The summed E-state index contributed by atoms with van der Waals surface area (Å²) in [7, 11) is 0. The Morgan fingerprint density at radius 1 is 0.842 bits per heavy atom. The molecule has 9 heteroatoms. The summed E-state index contributed by atoms with van der Waals surface area (Å²) in [5.74, 6) is -2.13. The third-order valence-corrected chi connectivity index (χ3v) is 6.33. The Morgan fingerprint density at radius 3 is 1.68 bits per heavy atom. The molecule has 0 saturated carbocycles. The molecule has 0 unspecified atom stereocenters. The summed E-state index contributed by atoms with van der Waals surface area (Å²) in [6.07, 6.45) is 0. The van der Waals surface area contributed by atoms with Crippen LogP contribution in [0.4, 0.5) is 5.00 Å². The molecule has 4 rings (SSSR count). The number of benzene rings is 3. The number of aliphatic carboxylic acids is 1. The van der Waals surface area contributed by atoms with Crippen molar-refractivity contribution in [1.82, 2.24) is 4.98 Å². The van der Waals surface area contributed by atoms with Gasteiger partial charge in [0.15, 0.2) is 0 Å². The second kappa shape index (κ2) is 10.9. The molecule has 0 aliphatic carbocycles. The summed E-state index contributed by atoms with van der Waals surface area (Å²) in [6, 6.07) is 28.1. The molecule has 1 heterocycles. The number of hydrogen-bond donors (Lipinski definition) is 2. The number of nitrogens with two attached hydrogens (primary N) is 1. The van der Waals surface area contributed by atoms with Crippen molar-refractivity contribution in [3.63, 3.8) is 0 Å². The number of carboxylic acids is 1. The maximum Gasteiger partial charge on any atom is 0.368 e. The number of rotatable bonds is 8. The second-order valence-electron chi connectivity index (χ2n) is 9.35. The molecule has 0 saturated heterocycles. The minimum Gasteiger partial charge on any atom is -0.476 e. The average Bonchev–Trinajstić information content (AvgIpc) is 3.28. The van der Waals surface area contributed by atoms with Gasteiger partial charge in [-0.25, -0.2) is 14.6 Å². The topological polar surface area (TPSA) is 124 Å². The van der Waals surface area contributed by atoms with Crippen LogP contribution in [0.1, 0.15) is 53.0 Å². The number of carbonyl (C=O) groups is 2. The van der Waals surface area contributed by atoms with E-state index in [9.17, 15) is 14.7 Å². The Balaban J connectivity index is 1.87. The van der Waals surface area contributed by atoms with Gasteiger partial charge in [-0.1, -0.05) is 107 Å². The Labute approximate surface area is 224 Å². The van der Waals surface area contributed by atoms with Crippen LogP contribution in [-0.2, 0) is 20.0 Å². The predicted octanol–water partition coefficient (Wildman–Crippen LogP) is 5.48. The largest absolute Gasteiger partial charge is 0.476 e. The van der Waals surface area contributed by atoms with E-state index in [0.717, 1.165) is 28.0 Å². The number of hydrogen-bond acceptors (Lipinski definition) is 8. The summed E-state index contributed by atoms with van der Waals surface area (Å²) >= 11 is 0.824. The number of carbonyl (C=O) groups excluding carboxylic acids is 1. The Hall–Kier alpha value is -4.50. The predicted molar refractivity (Wildman–Crippen MR) is 146 cm³/mol. The fourth-order valence-corrected chi connectivity index (χ4v) is 4.59. The van der Waals surface area contributed by atoms with E-state index in [0.29, 0.717) is 0 Å². The summed E-state index contributed by atoms with van der Waals surface area (Å²) in [4.78, 5) is 35.3. The molecule has 8 nitrogen and oxygen atoms in total. The lowest BCUT2D eigenvalue weighted by molar-refractivity contribution is -0.129. The molecule has 4 aromatic rings. The van der Waals surface area contributed by atoms with Gasteiger partial charge >= 0.3 is 11.9 Å². The van der Waals surface area contributed by atoms with Crippen LogP contribution in [0.25, 0.3) is 0 Å². The van der Waals surface area contributed by atoms with Crippen molar-refractivity contribution in [3.05, 3.63) is 118 Å².